The van der Waals surface area contributed by atoms with E-state index in [2.05, 4.69) is 35.3 Å². The zero-order chi connectivity index (χ0) is 16.1. The first-order valence-electron chi connectivity index (χ1n) is 8.84. The van der Waals surface area contributed by atoms with Gasteiger partial charge in [-0.1, -0.05) is 19.1 Å². The van der Waals surface area contributed by atoms with Crippen molar-refractivity contribution in [3.8, 4) is 5.75 Å². The predicted molar refractivity (Wildman–Crippen MR) is 100 cm³/mol. The summed E-state index contributed by atoms with van der Waals surface area (Å²) in [5, 5.41) is 3.52. The molecule has 0 amide bonds. The molecule has 1 N–H and O–H groups in total. The van der Waals surface area contributed by atoms with Gasteiger partial charge in [0.1, 0.15) is 5.75 Å². The van der Waals surface area contributed by atoms with Crippen molar-refractivity contribution in [1.82, 2.24) is 10.2 Å². The van der Waals surface area contributed by atoms with Crippen LogP contribution in [0.5, 0.6) is 5.75 Å². The van der Waals surface area contributed by atoms with E-state index in [1.807, 2.05) is 6.07 Å². The molecular weight excluding hydrogens is 324 g/mol. The Bertz CT molecular complexity index is 500. The summed E-state index contributed by atoms with van der Waals surface area (Å²) in [6.07, 6.45) is 4.06. The maximum absolute atomic E-state index is 5.88. The zero-order valence-electron chi connectivity index (χ0n) is 14.9. The van der Waals surface area contributed by atoms with Gasteiger partial charge < -0.3 is 14.8 Å². The second-order valence-corrected chi connectivity index (χ2v) is 7.39. The SMILES string of the molecule is COc1cccc(CN(CC2CCCO2)CC2(C)CCNC2)c1.Cl. The van der Waals surface area contributed by atoms with Crippen LogP contribution in [0, 0.1) is 5.41 Å². The maximum atomic E-state index is 5.88. The van der Waals surface area contributed by atoms with E-state index in [0.717, 1.165) is 45.1 Å². The zero-order valence-corrected chi connectivity index (χ0v) is 15.7. The fourth-order valence-electron chi connectivity index (χ4n) is 3.83. The molecule has 2 unspecified atom stereocenters. The van der Waals surface area contributed by atoms with Crippen LogP contribution in [-0.2, 0) is 11.3 Å². The summed E-state index contributed by atoms with van der Waals surface area (Å²) in [5.74, 6) is 0.938. The van der Waals surface area contributed by atoms with E-state index in [4.69, 9.17) is 9.47 Å². The lowest BCUT2D eigenvalue weighted by atomic mass is 9.89. The minimum atomic E-state index is 0. The lowest BCUT2D eigenvalue weighted by Crippen LogP contribution is -2.40. The van der Waals surface area contributed by atoms with Crippen molar-refractivity contribution in [2.45, 2.75) is 38.8 Å². The molecule has 0 saturated carbocycles. The highest BCUT2D eigenvalue weighted by Crippen LogP contribution is 2.28. The largest absolute Gasteiger partial charge is 0.497 e. The van der Waals surface area contributed by atoms with Crippen LogP contribution in [-0.4, -0.2) is 50.9 Å². The summed E-state index contributed by atoms with van der Waals surface area (Å²) in [7, 11) is 1.73. The van der Waals surface area contributed by atoms with Gasteiger partial charge in [-0.2, -0.15) is 0 Å². The molecule has 0 aliphatic carbocycles. The molecule has 0 aromatic heterocycles. The molecule has 1 aromatic carbocycles. The molecular formula is C19H31ClN2O2. The first-order valence-corrected chi connectivity index (χ1v) is 8.84. The van der Waals surface area contributed by atoms with Crippen LogP contribution in [0.4, 0.5) is 0 Å². The molecule has 2 aliphatic rings. The minimum absolute atomic E-state index is 0. The molecule has 5 heteroatoms. The highest BCUT2D eigenvalue weighted by atomic mass is 35.5. The van der Waals surface area contributed by atoms with E-state index in [1.165, 1.54) is 24.8 Å². The number of rotatable bonds is 7. The Morgan fingerprint density at radius 2 is 2.29 bits per heavy atom. The maximum Gasteiger partial charge on any atom is 0.119 e. The highest BCUT2D eigenvalue weighted by Gasteiger charge is 2.32. The van der Waals surface area contributed by atoms with Gasteiger partial charge in [-0.3, -0.25) is 4.90 Å². The lowest BCUT2D eigenvalue weighted by Gasteiger charge is -2.33. The van der Waals surface area contributed by atoms with Crippen LogP contribution >= 0.6 is 12.4 Å². The lowest BCUT2D eigenvalue weighted by molar-refractivity contribution is 0.0558. The van der Waals surface area contributed by atoms with E-state index in [1.54, 1.807) is 7.11 Å². The summed E-state index contributed by atoms with van der Waals surface area (Å²) in [5.41, 5.74) is 1.69. The molecule has 4 nitrogen and oxygen atoms in total. The normalized spacial score (nSPS) is 26.5. The number of nitrogens with one attached hydrogen (secondary N) is 1. The highest BCUT2D eigenvalue weighted by molar-refractivity contribution is 5.85. The van der Waals surface area contributed by atoms with Gasteiger partial charge in [0.2, 0.25) is 0 Å². The van der Waals surface area contributed by atoms with Crippen LogP contribution < -0.4 is 10.1 Å². The second kappa shape index (κ2) is 9.04. The monoisotopic (exact) mass is 354 g/mol. The van der Waals surface area contributed by atoms with E-state index in [0.29, 0.717) is 11.5 Å². The Kier molecular flexibility index (Phi) is 7.35. The standard InChI is InChI=1S/C19H30N2O2.ClH/c1-19(8-9-20-14-19)15-21(13-18-7-4-10-23-18)12-16-5-3-6-17(11-16)22-2;/h3,5-6,11,18,20H,4,7-10,12-15H2,1-2H3;1H. The van der Waals surface area contributed by atoms with Crippen molar-refractivity contribution in [3.63, 3.8) is 0 Å². The molecule has 24 heavy (non-hydrogen) atoms. The summed E-state index contributed by atoms with van der Waals surface area (Å²) in [6, 6.07) is 8.44. The number of methoxy groups -OCH3 is 1. The number of ether oxygens (including phenoxy) is 2. The molecule has 136 valence electrons. The van der Waals surface area contributed by atoms with E-state index in [9.17, 15) is 0 Å². The van der Waals surface area contributed by atoms with Crippen LogP contribution in [0.15, 0.2) is 24.3 Å². The van der Waals surface area contributed by atoms with Gasteiger partial charge in [0.05, 0.1) is 13.2 Å². The number of nitrogens with zero attached hydrogens (tertiary/aromatic N) is 1. The minimum Gasteiger partial charge on any atom is -0.497 e. The third-order valence-electron chi connectivity index (χ3n) is 5.09. The molecule has 2 atom stereocenters. The Balaban J connectivity index is 0.00000208. The number of hydrogen-bond acceptors (Lipinski definition) is 4. The molecule has 3 rings (SSSR count). The smallest absolute Gasteiger partial charge is 0.119 e. The van der Waals surface area contributed by atoms with E-state index in [-0.39, 0.29) is 12.4 Å². The third kappa shape index (κ3) is 5.35. The first-order chi connectivity index (χ1) is 11.2. The molecule has 0 radical (unpaired) electrons. The van der Waals surface area contributed by atoms with Gasteiger partial charge in [0, 0.05) is 32.8 Å². The number of benzene rings is 1. The van der Waals surface area contributed by atoms with Crippen molar-refractivity contribution in [2.75, 3.05) is 39.9 Å². The van der Waals surface area contributed by atoms with Crippen molar-refractivity contribution in [1.29, 1.82) is 0 Å². The van der Waals surface area contributed by atoms with Gasteiger partial charge in [-0.25, -0.2) is 0 Å². The van der Waals surface area contributed by atoms with Crippen molar-refractivity contribution in [2.24, 2.45) is 5.41 Å². The van der Waals surface area contributed by atoms with E-state index >= 15 is 0 Å². The molecule has 2 heterocycles. The molecule has 2 fully saturated rings. The molecule has 2 saturated heterocycles. The summed E-state index contributed by atoms with van der Waals surface area (Å²) >= 11 is 0. The Labute approximate surface area is 152 Å². The first kappa shape index (κ1) is 19.5. The van der Waals surface area contributed by atoms with Gasteiger partial charge in [0.25, 0.3) is 0 Å². The molecule has 0 spiro atoms. The average molecular weight is 355 g/mol. The topological polar surface area (TPSA) is 33.7 Å². The van der Waals surface area contributed by atoms with Crippen LogP contribution in [0.2, 0.25) is 0 Å². The van der Waals surface area contributed by atoms with Crippen molar-refractivity contribution >= 4 is 12.4 Å². The fraction of sp³-hybridized carbons (Fsp3) is 0.684. The van der Waals surface area contributed by atoms with Crippen LogP contribution in [0.3, 0.4) is 0 Å². The van der Waals surface area contributed by atoms with Crippen LogP contribution in [0.25, 0.3) is 0 Å². The predicted octanol–water partition coefficient (Wildman–Crippen LogP) is 3.10. The number of halogens is 1. The molecule has 0 bridgehead atoms. The Morgan fingerprint density at radius 1 is 1.42 bits per heavy atom. The summed E-state index contributed by atoms with van der Waals surface area (Å²) in [6.45, 7) is 8.71. The van der Waals surface area contributed by atoms with Gasteiger partial charge in [-0.05, 0) is 48.9 Å². The van der Waals surface area contributed by atoms with Gasteiger partial charge >= 0.3 is 0 Å². The Morgan fingerprint density at radius 3 is 2.96 bits per heavy atom. The van der Waals surface area contributed by atoms with Gasteiger partial charge in [0.15, 0.2) is 0 Å². The third-order valence-corrected chi connectivity index (χ3v) is 5.09. The van der Waals surface area contributed by atoms with Crippen LogP contribution in [0.1, 0.15) is 31.7 Å². The summed E-state index contributed by atoms with van der Waals surface area (Å²) in [4.78, 5) is 2.58. The summed E-state index contributed by atoms with van der Waals surface area (Å²) < 4.78 is 11.3. The number of hydrogen-bond donors (Lipinski definition) is 1. The Hall–Kier alpha value is -0.810. The van der Waals surface area contributed by atoms with Crippen molar-refractivity contribution < 1.29 is 9.47 Å². The average Bonchev–Trinajstić information content (AvgIpc) is 3.19. The van der Waals surface area contributed by atoms with Crippen molar-refractivity contribution in [3.05, 3.63) is 29.8 Å². The second-order valence-electron chi connectivity index (χ2n) is 7.39. The fourth-order valence-corrected chi connectivity index (χ4v) is 3.83. The quantitative estimate of drug-likeness (QED) is 0.815. The van der Waals surface area contributed by atoms with Gasteiger partial charge in [-0.15, -0.1) is 12.4 Å². The van der Waals surface area contributed by atoms with E-state index < -0.39 is 0 Å². The molecule has 2 aliphatic heterocycles. The molecule has 1 aromatic rings.